The Labute approximate surface area is 76.2 Å². The van der Waals surface area contributed by atoms with Crippen molar-refractivity contribution in [2.45, 2.75) is 58.5 Å². The molecule has 0 aromatic rings. The van der Waals surface area contributed by atoms with E-state index in [0.717, 1.165) is 6.42 Å². The second-order valence-electron chi connectivity index (χ2n) is 3.82. The summed E-state index contributed by atoms with van der Waals surface area (Å²) in [6.45, 7) is 6.34. The third-order valence-corrected chi connectivity index (χ3v) is 1.94. The molecule has 0 aliphatic carbocycles. The van der Waals surface area contributed by atoms with Crippen molar-refractivity contribution in [2.75, 3.05) is 7.11 Å². The maximum Gasteiger partial charge on any atom is 0.0979 e. The second kappa shape index (κ2) is 6.44. The van der Waals surface area contributed by atoms with Gasteiger partial charge in [0.05, 0.1) is 12.7 Å². The monoisotopic (exact) mass is 174 g/mol. The molecule has 0 spiro atoms. The fourth-order valence-electron chi connectivity index (χ4n) is 1.24. The van der Waals surface area contributed by atoms with Crippen LogP contribution in [-0.4, -0.2) is 12.7 Å². The topological polar surface area (TPSA) is 18.5 Å². The average molecular weight is 174 g/mol. The lowest BCUT2D eigenvalue weighted by atomic mass is 10.0. The summed E-state index contributed by atoms with van der Waals surface area (Å²) >= 11 is 0. The molecule has 0 rings (SSSR count). The van der Waals surface area contributed by atoms with Crippen molar-refractivity contribution in [3.8, 4) is 0 Å². The third kappa shape index (κ3) is 6.62. The molecule has 0 fully saturated rings. The molecular formula is C10H22O2. The van der Waals surface area contributed by atoms with E-state index in [1.54, 1.807) is 7.11 Å². The third-order valence-electron chi connectivity index (χ3n) is 1.94. The fourth-order valence-corrected chi connectivity index (χ4v) is 1.24. The molecule has 0 bridgehead atoms. The summed E-state index contributed by atoms with van der Waals surface area (Å²) in [6.07, 6.45) is 6.20. The highest BCUT2D eigenvalue weighted by Gasteiger charge is 2.18. The first kappa shape index (κ1) is 11.9. The van der Waals surface area contributed by atoms with Crippen LogP contribution in [0.4, 0.5) is 0 Å². The van der Waals surface area contributed by atoms with Crippen LogP contribution in [0.15, 0.2) is 0 Å². The molecule has 74 valence electrons. The van der Waals surface area contributed by atoms with E-state index in [2.05, 4.69) is 25.7 Å². The predicted molar refractivity (Wildman–Crippen MR) is 50.9 cm³/mol. The molecule has 2 nitrogen and oxygen atoms in total. The van der Waals surface area contributed by atoms with E-state index in [0.29, 0.717) is 0 Å². The van der Waals surface area contributed by atoms with Crippen molar-refractivity contribution in [1.29, 1.82) is 0 Å². The standard InChI is InChI=1S/C10H22O2/c1-5-6-7-8-9-10(2,3)12-11-4/h5-9H2,1-4H3. The highest BCUT2D eigenvalue weighted by atomic mass is 17.2. The molecule has 12 heavy (non-hydrogen) atoms. The number of rotatable bonds is 7. The zero-order valence-corrected chi connectivity index (χ0v) is 8.85. The van der Waals surface area contributed by atoms with Gasteiger partial charge in [0.1, 0.15) is 0 Å². The largest absolute Gasteiger partial charge is 0.240 e. The van der Waals surface area contributed by atoms with E-state index < -0.39 is 0 Å². The van der Waals surface area contributed by atoms with Gasteiger partial charge in [-0.1, -0.05) is 32.6 Å². The lowest BCUT2D eigenvalue weighted by Crippen LogP contribution is -2.23. The Morgan fingerprint density at radius 3 is 2.25 bits per heavy atom. The van der Waals surface area contributed by atoms with Gasteiger partial charge in [-0.2, -0.15) is 0 Å². The molecule has 0 radical (unpaired) electrons. The highest BCUT2D eigenvalue weighted by Crippen LogP contribution is 2.18. The molecule has 0 aliphatic rings. The van der Waals surface area contributed by atoms with Gasteiger partial charge in [0.2, 0.25) is 0 Å². The van der Waals surface area contributed by atoms with E-state index in [4.69, 9.17) is 4.89 Å². The number of unbranched alkanes of at least 4 members (excludes halogenated alkanes) is 3. The first-order valence-corrected chi connectivity index (χ1v) is 4.84. The number of hydrogen-bond donors (Lipinski definition) is 0. The summed E-state index contributed by atoms with van der Waals surface area (Å²) < 4.78 is 0. The van der Waals surface area contributed by atoms with Gasteiger partial charge in [-0.15, -0.1) is 0 Å². The fraction of sp³-hybridized carbons (Fsp3) is 1.00. The Balaban J connectivity index is 3.33. The maximum atomic E-state index is 5.11. The Bertz CT molecular complexity index is 100. The van der Waals surface area contributed by atoms with Crippen LogP contribution >= 0.6 is 0 Å². The minimum atomic E-state index is -0.123. The van der Waals surface area contributed by atoms with Crippen LogP contribution in [-0.2, 0) is 9.78 Å². The molecule has 0 aromatic heterocycles. The van der Waals surface area contributed by atoms with Crippen LogP contribution in [0.3, 0.4) is 0 Å². The quantitative estimate of drug-likeness (QED) is 0.335. The normalized spacial score (nSPS) is 12.0. The van der Waals surface area contributed by atoms with E-state index in [-0.39, 0.29) is 5.60 Å². The molecule has 0 N–H and O–H groups in total. The summed E-state index contributed by atoms with van der Waals surface area (Å²) in [4.78, 5) is 9.77. The van der Waals surface area contributed by atoms with Gasteiger partial charge < -0.3 is 0 Å². The highest BCUT2D eigenvalue weighted by molar-refractivity contribution is 4.65. The zero-order valence-electron chi connectivity index (χ0n) is 8.85. The molecular weight excluding hydrogens is 152 g/mol. The van der Waals surface area contributed by atoms with Crippen molar-refractivity contribution in [3.05, 3.63) is 0 Å². The van der Waals surface area contributed by atoms with Gasteiger partial charge in [-0.25, -0.2) is 9.78 Å². The molecule has 0 amide bonds. The van der Waals surface area contributed by atoms with E-state index in [9.17, 15) is 0 Å². The van der Waals surface area contributed by atoms with Crippen LogP contribution in [0.25, 0.3) is 0 Å². The van der Waals surface area contributed by atoms with Crippen molar-refractivity contribution in [1.82, 2.24) is 0 Å². The average Bonchev–Trinajstić information content (AvgIpc) is 1.98. The zero-order chi connectivity index (χ0) is 9.45. The predicted octanol–water partition coefficient (Wildman–Crippen LogP) is 3.31. The Morgan fingerprint density at radius 1 is 1.08 bits per heavy atom. The van der Waals surface area contributed by atoms with Crippen LogP contribution in [0, 0.1) is 0 Å². The molecule has 0 aliphatic heterocycles. The van der Waals surface area contributed by atoms with Crippen molar-refractivity contribution in [2.24, 2.45) is 0 Å². The Morgan fingerprint density at radius 2 is 1.75 bits per heavy atom. The lowest BCUT2D eigenvalue weighted by Gasteiger charge is -2.22. The van der Waals surface area contributed by atoms with Crippen LogP contribution in [0.1, 0.15) is 52.9 Å². The molecule has 2 heteroatoms. The van der Waals surface area contributed by atoms with Gasteiger partial charge in [0.25, 0.3) is 0 Å². The summed E-state index contributed by atoms with van der Waals surface area (Å²) in [5.41, 5.74) is -0.123. The minimum Gasteiger partial charge on any atom is -0.240 e. The smallest absolute Gasteiger partial charge is 0.0979 e. The summed E-state index contributed by atoms with van der Waals surface area (Å²) in [5, 5.41) is 0. The van der Waals surface area contributed by atoms with Crippen LogP contribution < -0.4 is 0 Å². The summed E-state index contributed by atoms with van der Waals surface area (Å²) in [7, 11) is 1.56. The van der Waals surface area contributed by atoms with Crippen molar-refractivity contribution in [3.63, 3.8) is 0 Å². The molecule has 0 saturated heterocycles. The molecule has 0 saturated carbocycles. The Hall–Kier alpha value is -0.0800. The Kier molecular flexibility index (Phi) is 6.39. The molecule has 0 heterocycles. The van der Waals surface area contributed by atoms with Crippen molar-refractivity contribution >= 4 is 0 Å². The molecule has 0 aromatic carbocycles. The van der Waals surface area contributed by atoms with E-state index in [1.165, 1.54) is 25.7 Å². The summed E-state index contributed by atoms with van der Waals surface area (Å²) in [6, 6.07) is 0. The van der Waals surface area contributed by atoms with Gasteiger partial charge in [0, 0.05) is 0 Å². The summed E-state index contributed by atoms with van der Waals surface area (Å²) in [5.74, 6) is 0. The van der Waals surface area contributed by atoms with E-state index >= 15 is 0 Å². The van der Waals surface area contributed by atoms with E-state index in [1.807, 2.05) is 0 Å². The van der Waals surface area contributed by atoms with Gasteiger partial charge in [-0.3, -0.25) is 0 Å². The van der Waals surface area contributed by atoms with Gasteiger partial charge in [-0.05, 0) is 20.3 Å². The van der Waals surface area contributed by atoms with Crippen LogP contribution in [0.5, 0.6) is 0 Å². The first-order valence-electron chi connectivity index (χ1n) is 4.84. The SMILES string of the molecule is CCCCCCC(C)(C)OOC. The molecule has 0 unspecified atom stereocenters. The van der Waals surface area contributed by atoms with Gasteiger partial charge in [0.15, 0.2) is 0 Å². The van der Waals surface area contributed by atoms with Crippen LogP contribution in [0.2, 0.25) is 0 Å². The molecule has 0 atom stereocenters. The second-order valence-corrected chi connectivity index (χ2v) is 3.82. The number of hydrogen-bond acceptors (Lipinski definition) is 2. The maximum absolute atomic E-state index is 5.11. The minimum absolute atomic E-state index is 0.123. The van der Waals surface area contributed by atoms with Crippen molar-refractivity contribution < 1.29 is 9.78 Å². The lowest BCUT2D eigenvalue weighted by molar-refractivity contribution is -0.337. The van der Waals surface area contributed by atoms with Gasteiger partial charge >= 0.3 is 0 Å². The first-order chi connectivity index (χ1) is 5.62.